The molecule has 154 valence electrons. The molecular formula is C19H28N4O3S2. The first-order valence-corrected chi connectivity index (χ1v) is 11.9. The van der Waals surface area contributed by atoms with Gasteiger partial charge in [0.15, 0.2) is 0 Å². The van der Waals surface area contributed by atoms with Gasteiger partial charge in [-0.25, -0.2) is 13.4 Å². The molecule has 0 amide bonds. The van der Waals surface area contributed by atoms with Crippen LogP contribution in [0.1, 0.15) is 38.0 Å². The van der Waals surface area contributed by atoms with Crippen LogP contribution in [0, 0.1) is 5.92 Å². The maximum atomic E-state index is 11.7. The number of nitrogens with zero attached hydrogens (tertiary/aromatic N) is 2. The second kappa shape index (κ2) is 10.1. The summed E-state index contributed by atoms with van der Waals surface area (Å²) in [6.07, 6.45) is 1.82. The lowest BCUT2D eigenvalue weighted by Gasteiger charge is -2.19. The zero-order valence-electron chi connectivity index (χ0n) is 16.6. The van der Waals surface area contributed by atoms with Crippen molar-refractivity contribution in [3.8, 4) is 0 Å². The Labute approximate surface area is 171 Å². The Morgan fingerprint density at radius 2 is 1.82 bits per heavy atom. The highest BCUT2D eigenvalue weighted by molar-refractivity contribution is 7.99. The monoisotopic (exact) mass is 424 g/mol. The summed E-state index contributed by atoms with van der Waals surface area (Å²) in [5.41, 5.74) is 1.14. The summed E-state index contributed by atoms with van der Waals surface area (Å²) in [5.74, 6) is 0.869. The largest absolute Gasteiger partial charge is 0.394 e. The van der Waals surface area contributed by atoms with Crippen LogP contribution in [0.25, 0.3) is 0 Å². The predicted molar refractivity (Wildman–Crippen MR) is 115 cm³/mol. The van der Waals surface area contributed by atoms with E-state index in [1.165, 1.54) is 11.8 Å². The number of aromatic nitrogens is 2. The first-order chi connectivity index (χ1) is 13.2. The van der Waals surface area contributed by atoms with Crippen LogP contribution in [0.4, 0.5) is 11.8 Å². The Hall–Kier alpha value is -1.84. The maximum Gasteiger partial charge on any atom is 0.230 e. The highest BCUT2D eigenvalue weighted by Crippen LogP contribution is 2.35. The van der Waals surface area contributed by atoms with Crippen LogP contribution < -0.4 is 10.0 Å². The normalized spacial score (nSPS) is 13.9. The molecule has 28 heavy (non-hydrogen) atoms. The predicted octanol–water partition coefficient (Wildman–Crippen LogP) is 3.52. The fourth-order valence-electron chi connectivity index (χ4n) is 2.70. The molecule has 3 N–H and O–H groups in total. The first-order valence-electron chi connectivity index (χ1n) is 9.12. The van der Waals surface area contributed by atoms with Crippen LogP contribution >= 0.6 is 11.8 Å². The number of aliphatic hydroxyl groups excluding tert-OH is 1. The number of rotatable bonds is 10. The van der Waals surface area contributed by atoms with Crippen LogP contribution in [0.3, 0.4) is 0 Å². The third-order valence-electron chi connectivity index (χ3n) is 3.87. The number of benzene rings is 1. The number of anilines is 2. The van der Waals surface area contributed by atoms with Crippen LogP contribution in [-0.2, 0) is 10.0 Å². The molecule has 2 rings (SSSR count). The number of nitrogens with one attached hydrogen (secondary N) is 2. The fourth-order valence-corrected chi connectivity index (χ4v) is 4.15. The molecular weight excluding hydrogens is 396 g/mol. The standard InChI is InChI=1S/C19H28N4O3S2/c1-13(2)10-16(12-24)20-19-21-17(23-28(4,25)26)11-18(22-19)27-14(3)15-8-6-5-7-9-15/h5-9,11,13-14,16,24H,10,12H2,1-4H3,(H2,20,21,22,23)/t14?,16-/m1/s1. The molecule has 0 bridgehead atoms. The van der Waals surface area contributed by atoms with Crippen molar-refractivity contribution in [2.45, 2.75) is 43.5 Å². The summed E-state index contributed by atoms with van der Waals surface area (Å²) in [4.78, 5) is 8.78. The van der Waals surface area contributed by atoms with Crippen molar-refractivity contribution in [2.24, 2.45) is 5.92 Å². The van der Waals surface area contributed by atoms with Crippen LogP contribution in [0.15, 0.2) is 41.4 Å². The average molecular weight is 425 g/mol. The van der Waals surface area contributed by atoms with Crippen molar-refractivity contribution in [3.05, 3.63) is 42.0 Å². The minimum absolute atomic E-state index is 0.0613. The third kappa shape index (κ3) is 7.65. The number of thioether (sulfide) groups is 1. The molecule has 1 aromatic heterocycles. The van der Waals surface area contributed by atoms with Gasteiger partial charge in [-0.2, -0.15) is 4.98 Å². The smallest absolute Gasteiger partial charge is 0.230 e. The van der Waals surface area contributed by atoms with E-state index in [0.29, 0.717) is 10.9 Å². The maximum absolute atomic E-state index is 11.7. The van der Waals surface area contributed by atoms with Crippen LogP contribution in [0.5, 0.6) is 0 Å². The topological polar surface area (TPSA) is 104 Å². The molecule has 0 saturated heterocycles. The lowest BCUT2D eigenvalue weighted by Crippen LogP contribution is -2.27. The average Bonchev–Trinajstić information content (AvgIpc) is 2.59. The Bertz CT molecular complexity index is 861. The van der Waals surface area contributed by atoms with Gasteiger partial charge < -0.3 is 10.4 Å². The highest BCUT2D eigenvalue weighted by Gasteiger charge is 2.16. The van der Waals surface area contributed by atoms with E-state index in [1.54, 1.807) is 6.07 Å². The molecule has 0 radical (unpaired) electrons. The minimum atomic E-state index is -3.47. The number of hydrogen-bond donors (Lipinski definition) is 3. The molecule has 0 saturated carbocycles. The molecule has 2 aromatic rings. The Morgan fingerprint density at radius 1 is 1.14 bits per heavy atom. The summed E-state index contributed by atoms with van der Waals surface area (Å²) in [5, 5.41) is 13.5. The number of hydrogen-bond acceptors (Lipinski definition) is 7. The molecule has 0 aliphatic heterocycles. The second-order valence-electron chi connectivity index (χ2n) is 7.11. The fraction of sp³-hybridized carbons (Fsp3) is 0.474. The molecule has 0 spiro atoms. The van der Waals surface area contributed by atoms with Gasteiger partial charge in [-0.15, -0.1) is 0 Å². The van der Waals surface area contributed by atoms with Gasteiger partial charge in [-0.3, -0.25) is 4.72 Å². The summed E-state index contributed by atoms with van der Waals surface area (Å²) >= 11 is 1.51. The highest BCUT2D eigenvalue weighted by atomic mass is 32.2. The van der Waals surface area contributed by atoms with E-state index in [-0.39, 0.29) is 29.7 Å². The van der Waals surface area contributed by atoms with Gasteiger partial charge in [0.2, 0.25) is 16.0 Å². The van der Waals surface area contributed by atoms with Gasteiger partial charge >= 0.3 is 0 Å². The van der Waals surface area contributed by atoms with E-state index in [9.17, 15) is 13.5 Å². The van der Waals surface area contributed by atoms with Gasteiger partial charge in [0, 0.05) is 11.3 Å². The quantitative estimate of drug-likeness (QED) is 0.396. The van der Waals surface area contributed by atoms with E-state index < -0.39 is 10.0 Å². The Kier molecular flexibility index (Phi) is 8.09. The summed E-state index contributed by atoms with van der Waals surface area (Å²) in [6, 6.07) is 11.4. The molecule has 7 nitrogen and oxygen atoms in total. The van der Waals surface area contributed by atoms with Crippen molar-refractivity contribution in [3.63, 3.8) is 0 Å². The second-order valence-corrected chi connectivity index (χ2v) is 10.2. The number of aliphatic hydroxyl groups is 1. The van der Waals surface area contributed by atoms with Gasteiger partial charge in [-0.05, 0) is 24.8 Å². The first kappa shape index (κ1) is 22.4. The van der Waals surface area contributed by atoms with Gasteiger partial charge in [-0.1, -0.05) is 55.9 Å². The Balaban J connectivity index is 2.28. The van der Waals surface area contributed by atoms with Crippen molar-refractivity contribution in [2.75, 3.05) is 22.9 Å². The molecule has 0 fully saturated rings. The van der Waals surface area contributed by atoms with E-state index in [1.807, 2.05) is 30.3 Å². The molecule has 0 aliphatic carbocycles. The Morgan fingerprint density at radius 3 is 2.39 bits per heavy atom. The summed E-state index contributed by atoms with van der Waals surface area (Å²) in [6.45, 7) is 6.13. The number of sulfonamides is 1. The van der Waals surface area contributed by atoms with Crippen molar-refractivity contribution < 1.29 is 13.5 Å². The van der Waals surface area contributed by atoms with E-state index in [2.05, 4.69) is 40.8 Å². The molecule has 1 aromatic carbocycles. The molecule has 9 heteroatoms. The zero-order valence-corrected chi connectivity index (χ0v) is 18.2. The zero-order chi connectivity index (χ0) is 20.7. The molecule has 1 heterocycles. The van der Waals surface area contributed by atoms with E-state index in [0.717, 1.165) is 18.2 Å². The van der Waals surface area contributed by atoms with E-state index >= 15 is 0 Å². The van der Waals surface area contributed by atoms with Gasteiger partial charge in [0.25, 0.3) is 0 Å². The molecule has 2 atom stereocenters. The third-order valence-corrected chi connectivity index (χ3v) is 5.52. The summed E-state index contributed by atoms with van der Waals surface area (Å²) < 4.78 is 25.7. The van der Waals surface area contributed by atoms with Gasteiger partial charge in [0.1, 0.15) is 10.8 Å². The SMILES string of the molecule is CC(C)C[C@H](CO)Nc1nc(NS(C)(=O)=O)cc(SC(C)c2ccccc2)n1. The van der Waals surface area contributed by atoms with Crippen molar-refractivity contribution >= 4 is 33.6 Å². The van der Waals surface area contributed by atoms with Gasteiger partial charge in [0.05, 0.1) is 18.9 Å². The lowest BCUT2D eigenvalue weighted by molar-refractivity contribution is 0.259. The van der Waals surface area contributed by atoms with Crippen LogP contribution in [-0.4, -0.2) is 42.4 Å². The molecule has 1 unspecified atom stereocenters. The summed E-state index contributed by atoms with van der Waals surface area (Å²) in [7, 11) is -3.47. The van der Waals surface area contributed by atoms with Crippen molar-refractivity contribution in [1.29, 1.82) is 0 Å². The van der Waals surface area contributed by atoms with E-state index in [4.69, 9.17) is 0 Å². The molecule has 0 aliphatic rings. The minimum Gasteiger partial charge on any atom is -0.394 e. The lowest BCUT2D eigenvalue weighted by atomic mass is 10.0. The van der Waals surface area contributed by atoms with Crippen LogP contribution in [0.2, 0.25) is 0 Å². The van der Waals surface area contributed by atoms with Crippen molar-refractivity contribution in [1.82, 2.24) is 9.97 Å².